The van der Waals surface area contributed by atoms with E-state index in [1.165, 1.54) is 12.1 Å². The van der Waals surface area contributed by atoms with Crippen molar-refractivity contribution in [1.29, 1.82) is 5.26 Å². The van der Waals surface area contributed by atoms with Gasteiger partial charge in [-0.1, -0.05) is 6.92 Å². The monoisotopic (exact) mass is 364 g/mol. The summed E-state index contributed by atoms with van der Waals surface area (Å²) < 4.78 is 14.1. The van der Waals surface area contributed by atoms with Crippen LogP contribution in [0.1, 0.15) is 43.9 Å². The molecule has 1 amide bonds. The molecule has 5 nitrogen and oxygen atoms in total. The SMILES string of the molecule is CC(=O)N1c2ccc(F)cc2[C@H](Nc2ncccc2C#N)[C@@H](C)[C@H]1C1CC1. The number of fused-ring (bicyclic) bond motifs is 1. The van der Waals surface area contributed by atoms with Crippen LogP contribution in [0.25, 0.3) is 0 Å². The Balaban J connectivity index is 1.83. The number of carbonyl (C=O) groups is 1. The van der Waals surface area contributed by atoms with Crippen molar-refractivity contribution in [3.05, 3.63) is 53.5 Å². The van der Waals surface area contributed by atoms with Gasteiger partial charge in [0.25, 0.3) is 0 Å². The van der Waals surface area contributed by atoms with Crippen LogP contribution in [-0.2, 0) is 4.79 Å². The van der Waals surface area contributed by atoms with E-state index >= 15 is 0 Å². The third-order valence-corrected chi connectivity index (χ3v) is 5.61. The van der Waals surface area contributed by atoms with Crippen LogP contribution in [0.4, 0.5) is 15.9 Å². The Hall–Kier alpha value is -2.94. The summed E-state index contributed by atoms with van der Waals surface area (Å²) in [7, 11) is 0. The second-order valence-corrected chi connectivity index (χ2v) is 7.41. The molecule has 0 radical (unpaired) electrons. The Morgan fingerprint density at radius 2 is 2.15 bits per heavy atom. The maximum absolute atomic E-state index is 14.1. The molecule has 0 spiro atoms. The first-order chi connectivity index (χ1) is 13.0. The van der Waals surface area contributed by atoms with Crippen molar-refractivity contribution in [3.8, 4) is 6.07 Å². The predicted octanol–water partition coefficient (Wildman–Crippen LogP) is 4.03. The van der Waals surface area contributed by atoms with Crippen molar-refractivity contribution in [2.45, 2.75) is 38.8 Å². The summed E-state index contributed by atoms with van der Waals surface area (Å²) in [5.74, 6) is 0.607. The summed E-state index contributed by atoms with van der Waals surface area (Å²) in [5, 5.41) is 12.7. The van der Waals surface area contributed by atoms with Gasteiger partial charge in [-0.2, -0.15) is 5.26 Å². The number of nitrogens with zero attached hydrogens (tertiary/aromatic N) is 3. The van der Waals surface area contributed by atoms with Gasteiger partial charge in [-0.15, -0.1) is 0 Å². The van der Waals surface area contributed by atoms with Crippen LogP contribution < -0.4 is 10.2 Å². The molecule has 2 aromatic rings. The number of pyridine rings is 1. The molecule has 27 heavy (non-hydrogen) atoms. The van der Waals surface area contributed by atoms with Crippen molar-refractivity contribution in [2.24, 2.45) is 11.8 Å². The molecule has 6 heteroatoms. The van der Waals surface area contributed by atoms with E-state index in [9.17, 15) is 14.4 Å². The van der Waals surface area contributed by atoms with Crippen LogP contribution in [0.5, 0.6) is 0 Å². The number of rotatable bonds is 3. The average molecular weight is 364 g/mol. The molecule has 0 bridgehead atoms. The molecule has 1 saturated carbocycles. The smallest absolute Gasteiger partial charge is 0.224 e. The van der Waals surface area contributed by atoms with Crippen molar-refractivity contribution >= 4 is 17.4 Å². The van der Waals surface area contributed by atoms with E-state index in [1.54, 1.807) is 31.3 Å². The molecule has 1 N–H and O–H groups in total. The fraction of sp³-hybridized carbons (Fsp3) is 0.381. The molecule has 1 aliphatic heterocycles. The summed E-state index contributed by atoms with van der Waals surface area (Å²) in [6.07, 6.45) is 3.81. The minimum Gasteiger partial charge on any atom is -0.362 e. The second-order valence-electron chi connectivity index (χ2n) is 7.41. The highest BCUT2D eigenvalue weighted by molar-refractivity contribution is 5.94. The Labute approximate surface area is 157 Å². The molecule has 1 fully saturated rings. The summed E-state index contributed by atoms with van der Waals surface area (Å²) in [5.41, 5.74) is 1.91. The highest BCUT2D eigenvalue weighted by Crippen LogP contribution is 2.50. The lowest BCUT2D eigenvalue weighted by Crippen LogP contribution is -2.51. The predicted molar refractivity (Wildman–Crippen MR) is 101 cm³/mol. The van der Waals surface area contributed by atoms with Gasteiger partial charge in [0.2, 0.25) is 5.91 Å². The molecule has 2 heterocycles. The zero-order chi connectivity index (χ0) is 19.1. The first-order valence-corrected chi connectivity index (χ1v) is 9.22. The van der Waals surface area contributed by atoms with E-state index in [0.717, 1.165) is 24.1 Å². The van der Waals surface area contributed by atoms with Gasteiger partial charge in [0.1, 0.15) is 17.7 Å². The quantitative estimate of drug-likeness (QED) is 0.893. The maximum Gasteiger partial charge on any atom is 0.224 e. The molecular weight excluding hydrogens is 343 g/mol. The lowest BCUT2D eigenvalue weighted by Gasteiger charge is -2.45. The number of aromatic nitrogens is 1. The number of benzene rings is 1. The Morgan fingerprint density at radius 1 is 1.37 bits per heavy atom. The molecule has 4 rings (SSSR count). The third kappa shape index (κ3) is 3.03. The van der Waals surface area contributed by atoms with Crippen LogP contribution in [0.2, 0.25) is 0 Å². The summed E-state index contributed by atoms with van der Waals surface area (Å²) >= 11 is 0. The van der Waals surface area contributed by atoms with Gasteiger partial charge in [-0.25, -0.2) is 9.37 Å². The molecule has 1 aromatic heterocycles. The van der Waals surface area contributed by atoms with E-state index in [0.29, 0.717) is 17.3 Å². The Kier molecular flexibility index (Phi) is 4.31. The van der Waals surface area contributed by atoms with Crippen molar-refractivity contribution in [2.75, 3.05) is 10.2 Å². The molecule has 1 aliphatic carbocycles. The number of hydrogen-bond donors (Lipinski definition) is 1. The number of amides is 1. The number of nitrogens with one attached hydrogen (secondary N) is 1. The summed E-state index contributed by atoms with van der Waals surface area (Å²) in [6, 6.07) is 9.94. The van der Waals surface area contributed by atoms with Crippen LogP contribution in [0.3, 0.4) is 0 Å². The van der Waals surface area contributed by atoms with Gasteiger partial charge in [0, 0.05) is 36.3 Å². The number of halogens is 1. The van der Waals surface area contributed by atoms with Crippen LogP contribution in [0.15, 0.2) is 36.5 Å². The highest BCUT2D eigenvalue weighted by atomic mass is 19.1. The fourth-order valence-electron chi connectivity index (χ4n) is 4.29. The van der Waals surface area contributed by atoms with Gasteiger partial charge < -0.3 is 10.2 Å². The van der Waals surface area contributed by atoms with Gasteiger partial charge in [-0.3, -0.25) is 4.79 Å². The standard InChI is InChI=1S/C21H21FN4O/c1-12-19(25-21-15(11-23)4-3-9-24-21)17-10-16(22)7-8-18(17)26(13(2)27)20(12)14-5-6-14/h3-4,7-10,12,14,19-20H,5-6H2,1-2H3,(H,24,25)/t12-,19-,20+/m1/s1. The minimum atomic E-state index is -0.345. The Bertz CT molecular complexity index is 934. The van der Waals surface area contributed by atoms with Crippen LogP contribution >= 0.6 is 0 Å². The fourth-order valence-corrected chi connectivity index (χ4v) is 4.29. The average Bonchev–Trinajstić information content (AvgIpc) is 3.48. The molecule has 0 unspecified atom stereocenters. The van der Waals surface area contributed by atoms with Crippen molar-refractivity contribution in [1.82, 2.24) is 4.98 Å². The third-order valence-electron chi connectivity index (χ3n) is 5.61. The zero-order valence-electron chi connectivity index (χ0n) is 15.3. The second kappa shape index (κ2) is 6.66. The van der Waals surface area contributed by atoms with E-state index in [-0.39, 0.29) is 29.7 Å². The lowest BCUT2D eigenvalue weighted by molar-refractivity contribution is -0.117. The van der Waals surface area contributed by atoms with Crippen LogP contribution in [-0.4, -0.2) is 16.9 Å². The van der Waals surface area contributed by atoms with Crippen molar-refractivity contribution < 1.29 is 9.18 Å². The highest BCUT2D eigenvalue weighted by Gasteiger charge is 2.47. The molecular formula is C21H21FN4O. The Morgan fingerprint density at radius 3 is 2.81 bits per heavy atom. The minimum absolute atomic E-state index is 0.0272. The van der Waals surface area contributed by atoms with Gasteiger partial charge in [0.05, 0.1) is 11.6 Å². The molecule has 2 aliphatic rings. The van der Waals surface area contributed by atoms with E-state index in [2.05, 4.69) is 23.3 Å². The van der Waals surface area contributed by atoms with Crippen molar-refractivity contribution in [3.63, 3.8) is 0 Å². The summed E-state index contributed by atoms with van der Waals surface area (Å²) in [6.45, 7) is 3.65. The first-order valence-electron chi connectivity index (χ1n) is 9.22. The first kappa shape index (κ1) is 17.5. The largest absolute Gasteiger partial charge is 0.362 e. The van der Waals surface area contributed by atoms with Gasteiger partial charge >= 0.3 is 0 Å². The molecule has 1 aromatic carbocycles. The number of nitriles is 1. The summed E-state index contributed by atoms with van der Waals surface area (Å²) in [4.78, 5) is 18.6. The lowest BCUT2D eigenvalue weighted by atomic mass is 9.80. The van der Waals surface area contributed by atoms with E-state index < -0.39 is 0 Å². The maximum atomic E-state index is 14.1. The molecule has 3 atom stereocenters. The number of carbonyl (C=O) groups excluding carboxylic acids is 1. The number of anilines is 2. The van der Waals surface area contributed by atoms with E-state index in [4.69, 9.17) is 0 Å². The van der Waals surface area contributed by atoms with E-state index in [1.807, 2.05) is 4.90 Å². The normalized spacial score (nSPS) is 24.1. The van der Waals surface area contributed by atoms with Gasteiger partial charge in [-0.05, 0) is 49.1 Å². The van der Waals surface area contributed by atoms with Crippen LogP contribution in [0, 0.1) is 29.0 Å². The van der Waals surface area contributed by atoms with Gasteiger partial charge in [0.15, 0.2) is 0 Å². The number of hydrogen-bond acceptors (Lipinski definition) is 4. The molecule has 0 saturated heterocycles. The topological polar surface area (TPSA) is 69.0 Å². The molecule has 138 valence electrons. The zero-order valence-corrected chi connectivity index (χ0v) is 15.3.